The van der Waals surface area contributed by atoms with Gasteiger partial charge in [0.25, 0.3) is 10.0 Å². The highest BCUT2D eigenvalue weighted by Gasteiger charge is 2.15. The van der Waals surface area contributed by atoms with Crippen LogP contribution in [0.1, 0.15) is 5.56 Å². The van der Waals surface area contributed by atoms with Crippen molar-refractivity contribution in [3.8, 4) is 0 Å². The Morgan fingerprint density at radius 1 is 0.742 bits per heavy atom. The molecule has 3 aromatic carbocycles. The van der Waals surface area contributed by atoms with E-state index in [-0.39, 0.29) is 21.4 Å². The maximum absolute atomic E-state index is 12.5. The Bertz CT molecular complexity index is 1300. The van der Waals surface area contributed by atoms with Crippen molar-refractivity contribution in [2.45, 2.75) is 9.79 Å². The summed E-state index contributed by atoms with van der Waals surface area (Å²) in [6.07, 6.45) is 3.05. The Labute approximate surface area is 180 Å². The summed E-state index contributed by atoms with van der Waals surface area (Å²) in [5, 5.41) is 7.67. The zero-order valence-corrected chi connectivity index (χ0v) is 17.7. The van der Waals surface area contributed by atoms with Crippen LogP contribution in [-0.2, 0) is 24.8 Å². The van der Waals surface area contributed by atoms with Crippen molar-refractivity contribution in [3.63, 3.8) is 0 Å². The fraction of sp³-hybridized carbons (Fsp3) is 0. The second kappa shape index (κ2) is 9.13. The first kappa shape index (κ1) is 22.2. The monoisotopic (exact) mass is 457 g/mol. The Morgan fingerprint density at radius 3 is 1.87 bits per heavy atom. The number of rotatable bonds is 7. The molecule has 8 nitrogen and oxygen atoms in total. The minimum absolute atomic E-state index is 0.0270. The molecule has 0 aliphatic rings. The maximum Gasteiger partial charge on any atom is 0.261 e. The van der Waals surface area contributed by atoms with E-state index in [4.69, 9.17) is 5.14 Å². The van der Waals surface area contributed by atoms with Gasteiger partial charge in [-0.3, -0.25) is 9.52 Å². The number of amides is 1. The minimum atomic E-state index is -3.91. The Hall–Kier alpha value is -3.47. The molecule has 0 unspecified atom stereocenters. The lowest BCUT2D eigenvalue weighted by molar-refractivity contribution is -0.111. The number of anilines is 2. The van der Waals surface area contributed by atoms with Gasteiger partial charge in [0.2, 0.25) is 15.9 Å². The highest BCUT2D eigenvalue weighted by atomic mass is 32.2. The molecule has 0 aliphatic carbocycles. The number of nitrogens with two attached hydrogens (primary N) is 1. The van der Waals surface area contributed by atoms with Crippen LogP contribution in [0.2, 0.25) is 0 Å². The summed E-state index contributed by atoms with van der Waals surface area (Å²) >= 11 is 0. The van der Waals surface area contributed by atoms with Crippen molar-refractivity contribution in [1.82, 2.24) is 0 Å². The van der Waals surface area contributed by atoms with Gasteiger partial charge < -0.3 is 5.32 Å². The average molecular weight is 458 g/mol. The summed E-state index contributed by atoms with van der Waals surface area (Å²) in [7, 11) is -7.78. The number of benzene rings is 3. The van der Waals surface area contributed by atoms with Gasteiger partial charge in [0.05, 0.1) is 9.79 Å². The van der Waals surface area contributed by atoms with Gasteiger partial charge in [-0.25, -0.2) is 22.0 Å². The molecule has 4 N–H and O–H groups in total. The van der Waals surface area contributed by atoms with Crippen LogP contribution in [-0.4, -0.2) is 22.7 Å². The molecule has 3 rings (SSSR count). The van der Waals surface area contributed by atoms with Crippen molar-refractivity contribution in [3.05, 3.63) is 90.5 Å². The highest BCUT2D eigenvalue weighted by Crippen LogP contribution is 2.19. The van der Waals surface area contributed by atoms with E-state index in [9.17, 15) is 21.6 Å². The van der Waals surface area contributed by atoms with Crippen LogP contribution in [0.3, 0.4) is 0 Å². The van der Waals surface area contributed by atoms with Gasteiger partial charge in [0.15, 0.2) is 0 Å². The first-order valence-electron chi connectivity index (χ1n) is 8.93. The smallest absolute Gasteiger partial charge is 0.261 e. The Balaban J connectivity index is 1.65. The third-order valence-corrected chi connectivity index (χ3v) is 6.42. The molecule has 1 amide bonds. The molecule has 0 heterocycles. The SMILES string of the molecule is NS(=O)(=O)c1ccc(NS(=O)(=O)c2ccc(NC(=O)C=Cc3ccccc3)cc2)cc1. The maximum atomic E-state index is 12.5. The summed E-state index contributed by atoms with van der Waals surface area (Å²) in [6.45, 7) is 0. The van der Waals surface area contributed by atoms with Crippen LogP contribution in [0.25, 0.3) is 6.08 Å². The largest absolute Gasteiger partial charge is 0.323 e. The van der Waals surface area contributed by atoms with Gasteiger partial charge in [0, 0.05) is 17.5 Å². The van der Waals surface area contributed by atoms with E-state index in [0.717, 1.165) is 5.56 Å². The standard InChI is InChI=1S/C21H19N3O5S2/c22-30(26,27)19-11-9-18(10-12-19)24-31(28,29)20-13-7-17(8-14-20)23-21(25)15-6-16-4-2-1-3-5-16/h1-15,24H,(H,23,25)(H2,22,26,27). The molecule has 31 heavy (non-hydrogen) atoms. The first-order chi connectivity index (χ1) is 14.6. The van der Waals surface area contributed by atoms with E-state index < -0.39 is 20.0 Å². The predicted octanol–water partition coefficient (Wildman–Crippen LogP) is 2.79. The van der Waals surface area contributed by atoms with Crippen LogP contribution in [0, 0.1) is 0 Å². The molecule has 10 heteroatoms. The van der Waals surface area contributed by atoms with Crippen LogP contribution >= 0.6 is 0 Å². The summed E-state index contributed by atoms with van der Waals surface area (Å²) in [5.41, 5.74) is 1.48. The number of primary sulfonamides is 1. The molecule has 0 bridgehead atoms. The summed E-state index contributed by atoms with van der Waals surface area (Å²) in [6, 6.07) is 19.9. The van der Waals surface area contributed by atoms with Crippen molar-refractivity contribution < 1.29 is 21.6 Å². The van der Waals surface area contributed by atoms with Gasteiger partial charge in [-0.15, -0.1) is 0 Å². The van der Waals surface area contributed by atoms with Gasteiger partial charge in [0.1, 0.15) is 0 Å². The molecule has 0 fully saturated rings. The fourth-order valence-electron chi connectivity index (χ4n) is 2.56. The third-order valence-electron chi connectivity index (χ3n) is 4.09. The molecule has 0 aromatic heterocycles. The first-order valence-corrected chi connectivity index (χ1v) is 12.0. The molecule has 160 valence electrons. The number of carbonyl (C=O) groups excluding carboxylic acids is 1. The summed E-state index contributed by atoms with van der Waals surface area (Å²) in [5.74, 6) is -0.354. The van der Waals surface area contributed by atoms with E-state index in [2.05, 4.69) is 10.0 Å². The van der Waals surface area contributed by atoms with E-state index >= 15 is 0 Å². The van der Waals surface area contributed by atoms with Crippen LogP contribution in [0.4, 0.5) is 11.4 Å². The molecule has 3 aromatic rings. The zero-order valence-electron chi connectivity index (χ0n) is 16.1. The van der Waals surface area contributed by atoms with Crippen molar-refractivity contribution in [2.24, 2.45) is 5.14 Å². The lowest BCUT2D eigenvalue weighted by Gasteiger charge is -2.09. The van der Waals surface area contributed by atoms with E-state index in [1.165, 1.54) is 54.6 Å². The van der Waals surface area contributed by atoms with E-state index in [1.54, 1.807) is 6.08 Å². The van der Waals surface area contributed by atoms with Crippen molar-refractivity contribution in [2.75, 3.05) is 10.0 Å². The number of sulfonamides is 2. The Morgan fingerprint density at radius 2 is 1.29 bits per heavy atom. The van der Waals surface area contributed by atoms with Crippen molar-refractivity contribution >= 4 is 43.4 Å². The minimum Gasteiger partial charge on any atom is -0.323 e. The molecular weight excluding hydrogens is 438 g/mol. The predicted molar refractivity (Wildman–Crippen MR) is 119 cm³/mol. The van der Waals surface area contributed by atoms with Gasteiger partial charge in [-0.1, -0.05) is 30.3 Å². The van der Waals surface area contributed by atoms with Gasteiger partial charge in [-0.05, 0) is 60.2 Å². The van der Waals surface area contributed by atoms with Crippen LogP contribution in [0.15, 0.2) is 94.7 Å². The molecule has 0 aliphatic heterocycles. The third kappa shape index (κ3) is 6.25. The van der Waals surface area contributed by atoms with Crippen molar-refractivity contribution in [1.29, 1.82) is 0 Å². The summed E-state index contributed by atoms with van der Waals surface area (Å²) in [4.78, 5) is 11.9. The summed E-state index contributed by atoms with van der Waals surface area (Å²) < 4.78 is 50.0. The zero-order chi connectivity index (χ0) is 22.5. The van der Waals surface area contributed by atoms with E-state index in [0.29, 0.717) is 5.69 Å². The molecule has 0 saturated heterocycles. The molecule has 0 atom stereocenters. The molecular formula is C21H19N3O5S2. The number of hydrogen-bond acceptors (Lipinski definition) is 5. The lowest BCUT2D eigenvalue weighted by Crippen LogP contribution is -2.14. The molecule has 0 spiro atoms. The normalized spacial score (nSPS) is 11.9. The number of carbonyl (C=O) groups is 1. The number of hydrogen-bond donors (Lipinski definition) is 3. The molecule has 0 saturated carbocycles. The quantitative estimate of drug-likeness (QED) is 0.469. The topological polar surface area (TPSA) is 135 Å². The number of nitrogens with one attached hydrogen (secondary N) is 2. The van der Waals surface area contributed by atoms with E-state index in [1.807, 2.05) is 30.3 Å². The van der Waals surface area contributed by atoms with Gasteiger partial charge >= 0.3 is 0 Å². The Kier molecular flexibility index (Phi) is 6.54. The lowest BCUT2D eigenvalue weighted by atomic mass is 10.2. The second-order valence-corrected chi connectivity index (χ2v) is 9.68. The van der Waals surface area contributed by atoms with Crippen LogP contribution in [0.5, 0.6) is 0 Å². The molecule has 0 radical (unpaired) electrons. The average Bonchev–Trinajstić information content (AvgIpc) is 2.73. The van der Waals surface area contributed by atoms with Gasteiger partial charge in [-0.2, -0.15) is 0 Å². The highest BCUT2D eigenvalue weighted by molar-refractivity contribution is 7.92. The fourth-order valence-corrected chi connectivity index (χ4v) is 4.14. The second-order valence-electron chi connectivity index (χ2n) is 6.43. The van der Waals surface area contributed by atoms with Crippen LogP contribution < -0.4 is 15.2 Å².